The van der Waals surface area contributed by atoms with E-state index in [4.69, 9.17) is 9.97 Å². The van der Waals surface area contributed by atoms with Gasteiger partial charge >= 0.3 is 0 Å². The van der Waals surface area contributed by atoms with Crippen LogP contribution in [0.15, 0.2) is 170 Å². The van der Waals surface area contributed by atoms with Gasteiger partial charge in [-0.15, -0.1) is 0 Å². The van der Waals surface area contributed by atoms with E-state index in [1.165, 1.54) is 75.8 Å². The molecule has 4 heteroatoms. The molecule has 13 aromatic rings. The van der Waals surface area contributed by atoms with Gasteiger partial charge in [-0.1, -0.05) is 158 Å². The first-order chi connectivity index (χ1) is 26.8. The third kappa shape index (κ3) is 3.48. The molecule has 0 bridgehead atoms. The minimum Gasteiger partial charge on any atom is -0.307 e. The Morgan fingerprint density at radius 2 is 0.926 bits per heavy atom. The summed E-state index contributed by atoms with van der Waals surface area (Å²) in [4.78, 5) is 11.0. The van der Waals surface area contributed by atoms with E-state index in [0.717, 1.165) is 38.6 Å². The summed E-state index contributed by atoms with van der Waals surface area (Å²) in [5, 5.41) is 15.8. The van der Waals surface area contributed by atoms with Gasteiger partial charge in [0, 0.05) is 54.0 Å². The Morgan fingerprint density at radius 1 is 0.333 bits per heavy atom. The number of nitrogens with zero attached hydrogens (tertiary/aromatic N) is 4. The van der Waals surface area contributed by atoms with Crippen LogP contribution >= 0.6 is 0 Å². The molecule has 4 nitrogen and oxygen atoms in total. The Hall–Kier alpha value is -7.30. The average molecular weight is 685 g/mol. The molecule has 4 aromatic heterocycles. The molecule has 0 radical (unpaired) electrons. The van der Waals surface area contributed by atoms with Gasteiger partial charge in [-0.2, -0.15) is 0 Å². The zero-order valence-corrected chi connectivity index (χ0v) is 29.0. The molecule has 0 fully saturated rings. The van der Waals surface area contributed by atoms with Crippen LogP contribution in [0.25, 0.3) is 120 Å². The van der Waals surface area contributed by atoms with Crippen LogP contribution in [0.4, 0.5) is 0 Å². The lowest BCUT2D eigenvalue weighted by Gasteiger charge is -2.14. The lowest BCUT2D eigenvalue weighted by molar-refractivity contribution is 1.02. The van der Waals surface area contributed by atoms with Crippen molar-refractivity contribution in [1.29, 1.82) is 0 Å². The topological polar surface area (TPSA) is 35.1 Å². The van der Waals surface area contributed by atoms with E-state index in [0.29, 0.717) is 5.95 Å². The van der Waals surface area contributed by atoms with Gasteiger partial charge in [-0.05, 0) is 33.7 Å². The second-order valence-corrected chi connectivity index (χ2v) is 14.5. The van der Waals surface area contributed by atoms with Gasteiger partial charge in [0.25, 0.3) is 0 Å². The lowest BCUT2D eigenvalue weighted by atomic mass is 9.98. The number of aromatic nitrogens is 4. The SMILES string of the molecule is c1ccc(-c2nc(-n3c4ccccc4c4c3c3ccccc3c3c5cccc6c7ccc8ccccc8c7n(c65)c34)nc3ccc4ccccc4c23)cc1. The Kier molecular flexibility index (Phi) is 5.34. The van der Waals surface area contributed by atoms with Crippen LogP contribution in [-0.4, -0.2) is 18.9 Å². The number of rotatable bonds is 2. The lowest BCUT2D eigenvalue weighted by Crippen LogP contribution is -2.04. The van der Waals surface area contributed by atoms with E-state index in [2.05, 4.69) is 179 Å². The Labute approximate surface area is 308 Å². The van der Waals surface area contributed by atoms with Crippen LogP contribution in [0.3, 0.4) is 0 Å². The number of hydrogen-bond acceptors (Lipinski definition) is 2. The highest BCUT2D eigenvalue weighted by Gasteiger charge is 2.27. The molecule has 0 atom stereocenters. The molecule has 0 aliphatic carbocycles. The summed E-state index contributed by atoms with van der Waals surface area (Å²) in [5.41, 5.74) is 8.87. The van der Waals surface area contributed by atoms with Gasteiger partial charge in [0.2, 0.25) is 5.95 Å². The molecule has 0 N–H and O–H groups in total. The van der Waals surface area contributed by atoms with E-state index in [1.54, 1.807) is 0 Å². The van der Waals surface area contributed by atoms with Crippen molar-refractivity contribution in [3.05, 3.63) is 170 Å². The number of para-hydroxylation sites is 2. The van der Waals surface area contributed by atoms with Crippen LogP contribution < -0.4 is 0 Å². The molecule has 0 saturated carbocycles. The van der Waals surface area contributed by atoms with Crippen molar-refractivity contribution < 1.29 is 0 Å². The maximum absolute atomic E-state index is 5.57. The first kappa shape index (κ1) is 28.3. The summed E-state index contributed by atoms with van der Waals surface area (Å²) in [5.74, 6) is 0.663. The van der Waals surface area contributed by atoms with Crippen molar-refractivity contribution in [1.82, 2.24) is 18.9 Å². The molecule has 9 aromatic carbocycles. The molecule has 4 heterocycles. The maximum Gasteiger partial charge on any atom is 0.235 e. The average Bonchev–Trinajstić information content (AvgIpc) is 3.89. The molecular formula is C50H28N4. The molecule has 0 spiro atoms. The van der Waals surface area contributed by atoms with E-state index in [1.807, 2.05) is 0 Å². The maximum atomic E-state index is 5.57. The minimum absolute atomic E-state index is 0.663. The summed E-state index contributed by atoms with van der Waals surface area (Å²) in [7, 11) is 0. The number of hydrogen-bond donors (Lipinski definition) is 0. The van der Waals surface area contributed by atoms with Crippen LogP contribution in [0.5, 0.6) is 0 Å². The fraction of sp³-hybridized carbons (Fsp3) is 0. The van der Waals surface area contributed by atoms with E-state index in [-0.39, 0.29) is 0 Å². The van der Waals surface area contributed by atoms with Crippen LogP contribution in [0.1, 0.15) is 0 Å². The first-order valence-electron chi connectivity index (χ1n) is 18.5. The third-order valence-electron chi connectivity index (χ3n) is 11.8. The number of benzene rings is 9. The Bertz CT molecular complexity index is 3720. The van der Waals surface area contributed by atoms with Crippen molar-refractivity contribution in [3.63, 3.8) is 0 Å². The normalized spacial score (nSPS) is 12.4. The molecule has 0 aliphatic rings. The van der Waals surface area contributed by atoms with E-state index < -0.39 is 0 Å². The van der Waals surface area contributed by atoms with Crippen molar-refractivity contribution in [2.45, 2.75) is 0 Å². The number of fused-ring (bicyclic) bond motifs is 18. The Balaban J connectivity index is 1.30. The molecular weight excluding hydrogens is 657 g/mol. The predicted octanol–water partition coefficient (Wildman–Crippen LogP) is 13.0. The van der Waals surface area contributed by atoms with Crippen LogP contribution in [-0.2, 0) is 0 Å². The fourth-order valence-electron chi connectivity index (χ4n) is 9.65. The second kappa shape index (κ2) is 10.2. The Morgan fingerprint density at radius 3 is 1.78 bits per heavy atom. The van der Waals surface area contributed by atoms with E-state index in [9.17, 15) is 0 Å². The molecule has 248 valence electrons. The van der Waals surface area contributed by atoms with Gasteiger partial charge in [-0.25, -0.2) is 9.97 Å². The summed E-state index contributed by atoms with van der Waals surface area (Å²) < 4.78 is 4.91. The van der Waals surface area contributed by atoms with Crippen LogP contribution in [0, 0.1) is 0 Å². The van der Waals surface area contributed by atoms with Crippen molar-refractivity contribution in [2.24, 2.45) is 0 Å². The van der Waals surface area contributed by atoms with Crippen molar-refractivity contribution in [2.75, 3.05) is 0 Å². The quantitative estimate of drug-likeness (QED) is 0.170. The standard InChI is InChI=1S/C50H28N4/c1-2-15-31(16-3-1)45-43-32-17-6-4-13-29(32)26-28-40(43)51-50(52-45)53-41-24-11-10-21-38(41)44-48(53)35-20-9-8-19-34(35)42-39-23-12-22-36-37-27-25-30-14-5-7-18-33(30)46(37)54(47(36)39)49(42)44/h1-28H. The molecule has 0 amide bonds. The zero-order chi connectivity index (χ0) is 35.1. The minimum atomic E-state index is 0.663. The third-order valence-corrected chi connectivity index (χ3v) is 11.8. The highest BCUT2D eigenvalue weighted by molar-refractivity contribution is 6.40. The molecule has 0 saturated heterocycles. The fourth-order valence-corrected chi connectivity index (χ4v) is 9.65. The predicted molar refractivity (Wildman–Crippen MR) is 226 cm³/mol. The molecule has 13 rings (SSSR count). The van der Waals surface area contributed by atoms with Gasteiger partial charge < -0.3 is 4.40 Å². The molecule has 0 aliphatic heterocycles. The molecule has 0 unspecified atom stereocenters. The van der Waals surface area contributed by atoms with Gasteiger partial charge in [0.15, 0.2) is 0 Å². The second-order valence-electron chi connectivity index (χ2n) is 14.5. The zero-order valence-electron chi connectivity index (χ0n) is 29.0. The summed E-state index contributed by atoms with van der Waals surface area (Å²) >= 11 is 0. The summed E-state index contributed by atoms with van der Waals surface area (Å²) in [6.07, 6.45) is 0. The monoisotopic (exact) mass is 684 g/mol. The summed E-state index contributed by atoms with van der Waals surface area (Å²) in [6.45, 7) is 0. The highest BCUT2D eigenvalue weighted by Crippen LogP contribution is 2.49. The largest absolute Gasteiger partial charge is 0.307 e. The van der Waals surface area contributed by atoms with Crippen molar-refractivity contribution in [3.8, 4) is 17.2 Å². The van der Waals surface area contributed by atoms with E-state index >= 15 is 0 Å². The van der Waals surface area contributed by atoms with Crippen molar-refractivity contribution >= 4 is 103 Å². The smallest absolute Gasteiger partial charge is 0.235 e. The van der Waals surface area contributed by atoms with Crippen LogP contribution in [0.2, 0.25) is 0 Å². The summed E-state index contributed by atoms with van der Waals surface area (Å²) in [6, 6.07) is 61.4. The van der Waals surface area contributed by atoms with Gasteiger partial charge in [0.1, 0.15) is 0 Å². The highest BCUT2D eigenvalue weighted by atomic mass is 15.2. The first-order valence-corrected chi connectivity index (χ1v) is 18.5. The van der Waals surface area contributed by atoms with Gasteiger partial charge in [-0.3, -0.25) is 4.57 Å². The molecule has 54 heavy (non-hydrogen) atoms. The van der Waals surface area contributed by atoms with Gasteiger partial charge in [0.05, 0.1) is 38.8 Å².